The molecule has 4 rings (SSSR count). The Bertz CT molecular complexity index is 1270. The normalized spacial score (nSPS) is 18.0. The second kappa shape index (κ2) is 10.2. The van der Waals surface area contributed by atoms with Crippen LogP contribution >= 0.6 is 11.6 Å². The van der Waals surface area contributed by atoms with E-state index in [4.69, 9.17) is 11.6 Å². The van der Waals surface area contributed by atoms with Crippen molar-refractivity contribution in [2.24, 2.45) is 13.0 Å². The predicted molar refractivity (Wildman–Crippen MR) is 135 cm³/mol. The summed E-state index contributed by atoms with van der Waals surface area (Å²) in [6.07, 6.45) is 4.42. The van der Waals surface area contributed by atoms with Crippen molar-refractivity contribution < 1.29 is 14.0 Å². The highest BCUT2D eigenvalue weighted by Gasteiger charge is 2.28. The molecule has 1 aromatic carbocycles. The highest BCUT2D eigenvalue weighted by Crippen LogP contribution is 2.35. The number of amides is 3. The summed E-state index contributed by atoms with van der Waals surface area (Å²) in [4.78, 5) is 28.9. The zero-order chi connectivity index (χ0) is 25.3. The van der Waals surface area contributed by atoms with Crippen molar-refractivity contribution in [3.63, 3.8) is 0 Å². The molecule has 0 saturated heterocycles. The zero-order valence-corrected chi connectivity index (χ0v) is 21.0. The molecule has 3 aromatic rings. The van der Waals surface area contributed by atoms with Crippen LogP contribution in [-0.4, -0.2) is 39.8 Å². The van der Waals surface area contributed by atoms with Gasteiger partial charge >= 0.3 is 6.03 Å². The Hall–Kier alpha value is -3.20. The second-order valence-electron chi connectivity index (χ2n) is 9.34. The molecule has 2 aromatic heterocycles. The van der Waals surface area contributed by atoms with Gasteiger partial charge in [0, 0.05) is 48.9 Å². The van der Waals surface area contributed by atoms with Crippen LogP contribution in [-0.2, 0) is 11.8 Å². The second-order valence-corrected chi connectivity index (χ2v) is 9.75. The molecule has 1 fully saturated rings. The molecule has 1 saturated carbocycles. The van der Waals surface area contributed by atoms with Gasteiger partial charge < -0.3 is 16.0 Å². The summed E-state index contributed by atoms with van der Waals surface area (Å²) in [5.41, 5.74) is 2.40. The average Bonchev–Trinajstić information content (AvgIpc) is 3.17. The molecule has 0 bridgehead atoms. The number of hydrogen-bond acceptors (Lipinski definition) is 4. The summed E-state index contributed by atoms with van der Waals surface area (Å²) < 4.78 is 16.7. The average molecular weight is 501 g/mol. The van der Waals surface area contributed by atoms with E-state index >= 15 is 0 Å². The first-order valence-electron chi connectivity index (χ1n) is 11.8. The van der Waals surface area contributed by atoms with Gasteiger partial charge in [0.25, 0.3) is 0 Å². The fraction of sp³-hybridized carbons (Fsp3) is 0.440. The van der Waals surface area contributed by atoms with E-state index in [1.807, 2.05) is 27.0 Å². The number of aryl methyl sites for hydroxylation is 1. The summed E-state index contributed by atoms with van der Waals surface area (Å²) in [7, 11) is 3.37. The third-order valence-electron chi connectivity index (χ3n) is 6.51. The molecule has 1 aliphatic rings. The summed E-state index contributed by atoms with van der Waals surface area (Å²) in [5, 5.41) is 13.7. The number of carbonyl (C=O) groups excluding carboxylic acids is 2. The number of halogens is 2. The Kier molecular flexibility index (Phi) is 7.25. The van der Waals surface area contributed by atoms with E-state index in [9.17, 15) is 14.0 Å². The lowest BCUT2D eigenvalue weighted by Gasteiger charge is -2.28. The molecule has 1 aliphatic carbocycles. The first-order chi connectivity index (χ1) is 16.7. The van der Waals surface area contributed by atoms with Gasteiger partial charge in [-0.25, -0.2) is 14.2 Å². The van der Waals surface area contributed by atoms with Gasteiger partial charge in [-0.05, 0) is 48.9 Å². The maximum Gasteiger partial charge on any atom is 0.314 e. The Labute approximate surface area is 208 Å². The van der Waals surface area contributed by atoms with Crippen LogP contribution in [0.15, 0.2) is 24.4 Å². The number of fused-ring (bicyclic) bond motifs is 1. The third-order valence-corrected chi connectivity index (χ3v) is 6.81. The fourth-order valence-corrected chi connectivity index (χ4v) is 5.10. The molecule has 2 unspecified atom stereocenters. The van der Waals surface area contributed by atoms with Crippen LogP contribution in [0.3, 0.4) is 0 Å². The van der Waals surface area contributed by atoms with Crippen LogP contribution in [0.5, 0.6) is 0 Å². The number of pyridine rings is 1. The highest BCUT2D eigenvalue weighted by molar-refractivity contribution is 6.33. The molecule has 8 nitrogen and oxygen atoms in total. The molecule has 0 aliphatic heterocycles. The van der Waals surface area contributed by atoms with Gasteiger partial charge in [-0.3, -0.25) is 9.48 Å². The monoisotopic (exact) mass is 500 g/mol. The number of anilines is 1. The maximum absolute atomic E-state index is 15.0. The lowest BCUT2D eigenvalue weighted by Crippen LogP contribution is -2.44. The third kappa shape index (κ3) is 5.24. The summed E-state index contributed by atoms with van der Waals surface area (Å²) >= 11 is 6.44. The molecular formula is C25H30ClFN6O2. The number of aromatic nitrogens is 3. The Morgan fingerprint density at radius 3 is 2.71 bits per heavy atom. The first kappa shape index (κ1) is 24.9. The first-order valence-corrected chi connectivity index (χ1v) is 12.2. The van der Waals surface area contributed by atoms with Gasteiger partial charge in [0.05, 0.1) is 5.02 Å². The summed E-state index contributed by atoms with van der Waals surface area (Å²) in [5.74, 6) is -0.351. The van der Waals surface area contributed by atoms with E-state index in [1.165, 1.54) is 12.3 Å². The van der Waals surface area contributed by atoms with Gasteiger partial charge in [0.2, 0.25) is 5.91 Å². The van der Waals surface area contributed by atoms with Crippen LogP contribution in [0.2, 0.25) is 5.02 Å². The molecular weight excluding hydrogens is 471 g/mol. The van der Waals surface area contributed by atoms with Crippen molar-refractivity contribution in [2.45, 2.75) is 51.5 Å². The zero-order valence-electron chi connectivity index (χ0n) is 20.3. The Balaban J connectivity index is 1.59. The molecule has 3 N–H and O–H groups in total. The number of hydrogen-bond donors (Lipinski definition) is 3. The summed E-state index contributed by atoms with van der Waals surface area (Å²) in [6.45, 7) is 4.07. The Morgan fingerprint density at radius 1 is 1.23 bits per heavy atom. The van der Waals surface area contributed by atoms with E-state index in [-0.39, 0.29) is 29.8 Å². The smallest absolute Gasteiger partial charge is 0.314 e. The van der Waals surface area contributed by atoms with Crippen LogP contribution in [0.25, 0.3) is 22.0 Å². The fourth-order valence-electron chi connectivity index (χ4n) is 4.89. The van der Waals surface area contributed by atoms with Crippen LogP contribution in [0.4, 0.5) is 15.0 Å². The van der Waals surface area contributed by atoms with Crippen molar-refractivity contribution in [1.29, 1.82) is 0 Å². The van der Waals surface area contributed by atoms with Crippen molar-refractivity contribution in [3.8, 4) is 11.1 Å². The summed E-state index contributed by atoms with van der Waals surface area (Å²) in [6, 6.07) is 4.64. The number of urea groups is 1. The molecule has 0 radical (unpaired) electrons. The number of benzene rings is 1. The molecule has 10 heteroatoms. The minimum Gasteiger partial charge on any atom is -0.341 e. The number of rotatable bonds is 5. The van der Waals surface area contributed by atoms with E-state index in [1.54, 1.807) is 17.8 Å². The van der Waals surface area contributed by atoms with E-state index < -0.39 is 5.82 Å². The van der Waals surface area contributed by atoms with E-state index in [2.05, 4.69) is 26.0 Å². The lowest BCUT2D eigenvalue weighted by atomic mass is 9.85. The number of carbonyl (C=O) groups is 2. The van der Waals surface area contributed by atoms with Crippen molar-refractivity contribution >= 4 is 40.3 Å². The number of nitrogens with zero attached hydrogens (tertiary/aromatic N) is 3. The van der Waals surface area contributed by atoms with Crippen molar-refractivity contribution in [3.05, 3.63) is 40.9 Å². The quantitative estimate of drug-likeness (QED) is 0.460. The molecule has 35 heavy (non-hydrogen) atoms. The van der Waals surface area contributed by atoms with E-state index in [0.29, 0.717) is 33.9 Å². The van der Waals surface area contributed by atoms with Crippen molar-refractivity contribution in [2.75, 3.05) is 12.4 Å². The minimum atomic E-state index is -0.435. The largest absolute Gasteiger partial charge is 0.341 e. The van der Waals surface area contributed by atoms with Gasteiger partial charge in [-0.1, -0.05) is 31.9 Å². The molecule has 3 amide bonds. The van der Waals surface area contributed by atoms with Crippen LogP contribution < -0.4 is 16.0 Å². The van der Waals surface area contributed by atoms with Crippen LogP contribution in [0.1, 0.15) is 51.1 Å². The molecule has 2 heterocycles. The van der Waals surface area contributed by atoms with E-state index in [0.717, 1.165) is 30.3 Å². The van der Waals surface area contributed by atoms with Gasteiger partial charge in [0.1, 0.15) is 11.3 Å². The maximum atomic E-state index is 15.0. The topological polar surface area (TPSA) is 101 Å². The highest BCUT2D eigenvalue weighted by atomic mass is 35.5. The SMILES string of the molecule is CNC(=O)NC1CCCC(C(=O)Nc2cc(-c3cc(F)c4nn(C)c(C(C)C)c4c3)c(Cl)cn2)C1. The van der Waals surface area contributed by atoms with Gasteiger partial charge in [-0.15, -0.1) is 0 Å². The Morgan fingerprint density at radius 2 is 2.00 bits per heavy atom. The van der Waals surface area contributed by atoms with Crippen LogP contribution in [0, 0.1) is 11.7 Å². The predicted octanol–water partition coefficient (Wildman–Crippen LogP) is 4.98. The number of nitrogens with one attached hydrogen (secondary N) is 3. The minimum absolute atomic E-state index is 0.0578. The lowest BCUT2D eigenvalue weighted by molar-refractivity contribution is -0.121. The van der Waals surface area contributed by atoms with Crippen molar-refractivity contribution in [1.82, 2.24) is 25.4 Å². The van der Waals surface area contributed by atoms with Gasteiger partial charge in [0.15, 0.2) is 5.82 Å². The standard InChI is InChI=1S/C25H30ClFN6O2/c1-13(2)23-18-9-15(10-20(27)22(18)32-33(23)4)17-11-21(29-12-19(17)26)31-24(34)14-6-5-7-16(8-14)30-25(35)28-3/h9-14,16H,5-8H2,1-4H3,(H2,28,30,35)(H,29,31,34). The molecule has 2 atom stereocenters. The molecule has 0 spiro atoms. The molecule has 186 valence electrons. The van der Waals surface area contributed by atoms with Gasteiger partial charge in [-0.2, -0.15) is 5.10 Å².